The lowest BCUT2D eigenvalue weighted by atomic mass is 10.2. The second-order valence-electron chi connectivity index (χ2n) is 4.27. The number of thioether (sulfide) groups is 1. The molecule has 0 saturated carbocycles. The van der Waals surface area contributed by atoms with Gasteiger partial charge in [-0.05, 0) is 23.8 Å². The molecule has 1 amide bonds. The van der Waals surface area contributed by atoms with E-state index >= 15 is 0 Å². The zero-order valence-corrected chi connectivity index (χ0v) is 10.9. The van der Waals surface area contributed by atoms with Crippen LogP contribution in [-0.2, 0) is 4.79 Å². The minimum atomic E-state index is -0.117. The third-order valence-electron chi connectivity index (χ3n) is 3.13. The Kier molecular flexibility index (Phi) is 2.84. The van der Waals surface area contributed by atoms with E-state index in [-0.39, 0.29) is 11.2 Å². The molecule has 0 radical (unpaired) electrons. The zero-order valence-electron chi connectivity index (χ0n) is 10.0. The number of nitrogens with zero attached hydrogens (tertiary/aromatic N) is 1. The minimum absolute atomic E-state index is 0.117. The van der Waals surface area contributed by atoms with E-state index in [1.54, 1.807) is 16.7 Å². The number of likely N-dealkylation sites (N-methyl/N-ethyl adjacent to an activating group) is 1. The summed E-state index contributed by atoms with van der Waals surface area (Å²) in [7, 11) is 1.84. The fraction of sp³-hybridized carbons (Fsp3) is 0.133. The maximum absolute atomic E-state index is 12.3. The van der Waals surface area contributed by atoms with Gasteiger partial charge in [-0.1, -0.05) is 36.4 Å². The Bertz CT molecular complexity index is 582. The van der Waals surface area contributed by atoms with E-state index in [2.05, 4.69) is 0 Å². The van der Waals surface area contributed by atoms with Crippen molar-refractivity contribution in [3.05, 3.63) is 60.2 Å². The molecule has 2 aromatic rings. The van der Waals surface area contributed by atoms with Gasteiger partial charge in [0.15, 0.2) is 0 Å². The molecule has 18 heavy (non-hydrogen) atoms. The van der Waals surface area contributed by atoms with Crippen LogP contribution in [0.4, 0.5) is 5.69 Å². The lowest BCUT2D eigenvalue weighted by Crippen LogP contribution is -2.22. The Morgan fingerprint density at radius 1 is 1.00 bits per heavy atom. The van der Waals surface area contributed by atoms with Crippen molar-refractivity contribution < 1.29 is 4.79 Å². The van der Waals surface area contributed by atoms with Crippen molar-refractivity contribution in [2.75, 3.05) is 11.9 Å². The lowest BCUT2D eigenvalue weighted by molar-refractivity contribution is -0.117. The van der Waals surface area contributed by atoms with E-state index in [0.29, 0.717) is 0 Å². The molecule has 90 valence electrons. The van der Waals surface area contributed by atoms with Crippen LogP contribution in [0.1, 0.15) is 10.8 Å². The summed E-state index contributed by atoms with van der Waals surface area (Å²) in [6.45, 7) is 0. The van der Waals surface area contributed by atoms with E-state index in [9.17, 15) is 4.79 Å². The highest BCUT2D eigenvalue weighted by atomic mass is 32.2. The fourth-order valence-electron chi connectivity index (χ4n) is 2.19. The van der Waals surface area contributed by atoms with E-state index in [1.807, 2.05) is 61.6 Å². The second-order valence-corrected chi connectivity index (χ2v) is 5.45. The molecule has 0 N–H and O–H groups in total. The molecule has 0 aromatic heterocycles. The number of rotatable bonds is 2. The molecule has 1 atom stereocenters. The molecule has 2 nitrogen and oxygen atoms in total. The van der Waals surface area contributed by atoms with E-state index in [1.165, 1.54) is 0 Å². The Morgan fingerprint density at radius 3 is 2.44 bits per heavy atom. The van der Waals surface area contributed by atoms with Crippen LogP contribution in [0.25, 0.3) is 0 Å². The molecular weight excluding hydrogens is 242 g/mol. The summed E-state index contributed by atoms with van der Waals surface area (Å²) in [5.74, 6) is 0.157. The third-order valence-corrected chi connectivity index (χ3v) is 4.37. The first-order valence-corrected chi connectivity index (χ1v) is 6.73. The van der Waals surface area contributed by atoms with Crippen LogP contribution in [0.3, 0.4) is 0 Å². The number of hydrogen-bond donors (Lipinski definition) is 0. The predicted octanol–water partition coefficient (Wildman–Crippen LogP) is 3.50. The molecule has 1 aliphatic rings. The highest BCUT2D eigenvalue weighted by Crippen LogP contribution is 2.45. The third kappa shape index (κ3) is 1.81. The number of amides is 1. The van der Waals surface area contributed by atoms with E-state index in [4.69, 9.17) is 0 Å². The van der Waals surface area contributed by atoms with E-state index < -0.39 is 0 Å². The summed E-state index contributed by atoms with van der Waals surface area (Å²) in [4.78, 5) is 15.1. The summed E-state index contributed by atoms with van der Waals surface area (Å²) >= 11 is 1.61. The van der Waals surface area contributed by atoms with Gasteiger partial charge in [0.1, 0.15) is 5.25 Å². The van der Waals surface area contributed by atoms with Crippen LogP contribution in [0.5, 0.6) is 0 Å². The molecule has 1 heterocycles. The maximum Gasteiger partial charge on any atom is 0.244 e. The molecule has 0 saturated heterocycles. The average molecular weight is 255 g/mol. The van der Waals surface area contributed by atoms with E-state index in [0.717, 1.165) is 16.1 Å². The normalized spacial score (nSPS) is 17.9. The summed E-state index contributed by atoms with van der Waals surface area (Å²) < 4.78 is 0. The Hall–Kier alpha value is -1.74. The molecule has 0 bridgehead atoms. The molecule has 2 aromatic carbocycles. The van der Waals surface area contributed by atoms with Crippen LogP contribution in [0.2, 0.25) is 0 Å². The summed E-state index contributed by atoms with van der Waals surface area (Å²) in [5.41, 5.74) is 2.13. The first kappa shape index (κ1) is 11.4. The highest BCUT2D eigenvalue weighted by molar-refractivity contribution is 8.00. The number of hydrogen-bond acceptors (Lipinski definition) is 2. The SMILES string of the molecule is CN1C(=O)[C@H](Sc2ccccc2)c2ccccc21. The number of carbonyl (C=O) groups excluding carboxylic acids is 1. The predicted molar refractivity (Wildman–Crippen MR) is 74.9 cm³/mol. The van der Waals surface area contributed by atoms with Gasteiger partial charge < -0.3 is 4.90 Å². The highest BCUT2D eigenvalue weighted by Gasteiger charge is 2.35. The minimum Gasteiger partial charge on any atom is -0.314 e. The first-order valence-electron chi connectivity index (χ1n) is 5.85. The van der Waals surface area contributed by atoms with Crippen molar-refractivity contribution in [3.8, 4) is 0 Å². The van der Waals surface area contributed by atoms with Crippen molar-refractivity contribution in [3.63, 3.8) is 0 Å². The zero-order chi connectivity index (χ0) is 12.5. The molecule has 0 unspecified atom stereocenters. The van der Waals surface area contributed by atoms with Gasteiger partial charge in [-0.25, -0.2) is 0 Å². The van der Waals surface area contributed by atoms with Crippen molar-refractivity contribution in [1.29, 1.82) is 0 Å². The standard InChI is InChI=1S/C15H13NOS/c1-16-13-10-6-5-9-12(13)14(15(16)17)18-11-7-3-2-4-8-11/h2-10,14H,1H3/t14-/m1/s1. The fourth-order valence-corrected chi connectivity index (χ4v) is 3.36. The molecule has 0 fully saturated rings. The van der Waals surface area contributed by atoms with Gasteiger partial charge in [-0.3, -0.25) is 4.79 Å². The largest absolute Gasteiger partial charge is 0.314 e. The lowest BCUT2D eigenvalue weighted by Gasteiger charge is -2.10. The Labute approximate surface area is 111 Å². The molecule has 3 heteroatoms. The molecule has 1 aliphatic heterocycles. The van der Waals surface area contributed by atoms with Crippen LogP contribution in [-0.4, -0.2) is 13.0 Å². The molecule has 0 spiro atoms. The average Bonchev–Trinajstić information content (AvgIpc) is 2.66. The Morgan fingerprint density at radius 2 is 1.67 bits per heavy atom. The number of carbonyl (C=O) groups is 1. The summed E-state index contributed by atoms with van der Waals surface area (Å²) in [5, 5.41) is -0.117. The van der Waals surface area contributed by atoms with Crippen LogP contribution in [0, 0.1) is 0 Å². The Balaban J connectivity index is 1.96. The number of para-hydroxylation sites is 1. The van der Waals surface area contributed by atoms with Crippen molar-refractivity contribution in [1.82, 2.24) is 0 Å². The van der Waals surface area contributed by atoms with Gasteiger partial charge in [-0.2, -0.15) is 0 Å². The molecule has 3 rings (SSSR count). The quantitative estimate of drug-likeness (QED) is 0.818. The van der Waals surface area contributed by atoms with Crippen molar-refractivity contribution in [2.45, 2.75) is 10.1 Å². The topological polar surface area (TPSA) is 20.3 Å². The van der Waals surface area contributed by atoms with Crippen molar-refractivity contribution >= 4 is 23.4 Å². The summed E-state index contributed by atoms with van der Waals surface area (Å²) in [6, 6.07) is 18.1. The van der Waals surface area contributed by atoms with Crippen LogP contribution in [0.15, 0.2) is 59.5 Å². The van der Waals surface area contributed by atoms with Gasteiger partial charge in [0.25, 0.3) is 0 Å². The number of anilines is 1. The molecule has 0 aliphatic carbocycles. The van der Waals surface area contributed by atoms with Gasteiger partial charge in [0, 0.05) is 17.6 Å². The number of benzene rings is 2. The maximum atomic E-state index is 12.3. The van der Waals surface area contributed by atoms with Gasteiger partial charge in [-0.15, -0.1) is 11.8 Å². The number of fused-ring (bicyclic) bond motifs is 1. The smallest absolute Gasteiger partial charge is 0.244 e. The van der Waals surface area contributed by atoms with Crippen LogP contribution < -0.4 is 4.90 Å². The van der Waals surface area contributed by atoms with Gasteiger partial charge in [0.05, 0.1) is 0 Å². The van der Waals surface area contributed by atoms with Crippen LogP contribution >= 0.6 is 11.8 Å². The second kappa shape index (κ2) is 4.50. The van der Waals surface area contributed by atoms with Crippen molar-refractivity contribution in [2.24, 2.45) is 0 Å². The molecular formula is C15H13NOS. The van der Waals surface area contributed by atoms with Gasteiger partial charge >= 0.3 is 0 Å². The summed E-state index contributed by atoms with van der Waals surface area (Å²) in [6.07, 6.45) is 0. The first-order chi connectivity index (χ1) is 8.77. The van der Waals surface area contributed by atoms with Gasteiger partial charge in [0.2, 0.25) is 5.91 Å². The monoisotopic (exact) mass is 255 g/mol.